The van der Waals surface area contributed by atoms with Crippen molar-refractivity contribution in [2.45, 2.75) is 69.9 Å². The van der Waals surface area contributed by atoms with Crippen LogP contribution in [0.15, 0.2) is 30.3 Å². The van der Waals surface area contributed by atoms with E-state index in [1.807, 2.05) is 24.8 Å². The SMILES string of the molecule is CC(C)(O)CNC12CCC(CNc3cc(-n4c(C(F)F)nc5ccccc54)nc(N4CCOCC4)n3)(CC1)CC2. The van der Waals surface area contributed by atoms with Crippen LogP contribution in [0.3, 0.4) is 0 Å². The molecular formula is C29H39F2N7O2. The Bertz CT molecular complexity index is 1330. The van der Waals surface area contributed by atoms with Crippen LogP contribution in [0, 0.1) is 5.41 Å². The Kier molecular flexibility index (Phi) is 7.16. The number of para-hydroxylation sites is 2. The summed E-state index contributed by atoms with van der Waals surface area (Å²) in [6, 6.07) is 8.91. The molecule has 2 bridgehead atoms. The molecule has 0 unspecified atom stereocenters. The van der Waals surface area contributed by atoms with Crippen molar-refractivity contribution in [3.63, 3.8) is 0 Å². The molecular weight excluding hydrogens is 516 g/mol. The van der Waals surface area contributed by atoms with E-state index >= 15 is 0 Å². The molecule has 0 radical (unpaired) electrons. The second kappa shape index (κ2) is 10.5. The predicted molar refractivity (Wildman–Crippen MR) is 150 cm³/mol. The summed E-state index contributed by atoms with van der Waals surface area (Å²) in [5.74, 6) is 1.18. The van der Waals surface area contributed by atoms with Gasteiger partial charge in [0, 0.05) is 37.8 Å². The molecule has 3 aromatic rings. The van der Waals surface area contributed by atoms with Crippen LogP contribution >= 0.6 is 0 Å². The van der Waals surface area contributed by atoms with E-state index in [4.69, 9.17) is 14.7 Å². The van der Waals surface area contributed by atoms with Gasteiger partial charge in [0.2, 0.25) is 5.95 Å². The lowest BCUT2D eigenvalue weighted by atomic mass is 9.57. The van der Waals surface area contributed by atoms with E-state index in [0.717, 1.165) is 45.1 Å². The Morgan fingerprint density at radius 2 is 1.73 bits per heavy atom. The van der Waals surface area contributed by atoms with Crippen molar-refractivity contribution < 1.29 is 18.6 Å². The summed E-state index contributed by atoms with van der Waals surface area (Å²) in [7, 11) is 0. The molecule has 1 aliphatic heterocycles. The largest absolute Gasteiger partial charge is 0.389 e. The molecule has 3 heterocycles. The third-order valence-electron chi connectivity index (χ3n) is 8.95. The van der Waals surface area contributed by atoms with Gasteiger partial charge in [0.25, 0.3) is 6.43 Å². The number of β-amino-alcohol motifs (C(OH)–C–C–N with tert-alkyl or cyclic N) is 1. The number of morpholine rings is 1. The van der Waals surface area contributed by atoms with Crippen LogP contribution in [0.4, 0.5) is 20.5 Å². The molecule has 3 aliphatic carbocycles. The maximum absolute atomic E-state index is 14.2. The Morgan fingerprint density at radius 1 is 1.02 bits per heavy atom. The summed E-state index contributed by atoms with van der Waals surface area (Å²) < 4.78 is 35.3. The summed E-state index contributed by atoms with van der Waals surface area (Å²) in [4.78, 5) is 15.9. The first-order valence-electron chi connectivity index (χ1n) is 14.3. The van der Waals surface area contributed by atoms with Crippen LogP contribution in [-0.4, -0.2) is 75.2 Å². The highest BCUT2D eigenvalue weighted by atomic mass is 19.3. The molecule has 0 amide bonds. The zero-order valence-corrected chi connectivity index (χ0v) is 23.3. The Morgan fingerprint density at radius 3 is 2.40 bits per heavy atom. The van der Waals surface area contributed by atoms with Crippen molar-refractivity contribution in [1.29, 1.82) is 0 Å². The summed E-state index contributed by atoms with van der Waals surface area (Å²) in [6.45, 7) is 7.45. The van der Waals surface area contributed by atoms with Gasteiger partial charge in [0.15, 0.2) is 5.82 Å². The second-order valence-corrected chi connectivity index (χ2v) is 12.4. The molecule has 7 rings (SSSR count). The van der Waals surface area contributed by atoms with Gasteiger partial charge >= 0.3 is 0 Å². The standard InChI is InChI=1S/C29H39F2N7O2/c1-27(2,39)18-33-29-10-7-28(8-11-29,9-12-29)19-32-22-17-23(36-26(35-22)37-13-15-40-16-14-37)38-21-6-4-3-5-20(21)34-25(38)24(30)31/h3-6,17,24,33,39H,7-16,18-19H2,1-2H3,(H,32,35,36). The fourth-order valence-electron chi connectivity index (χ4n) is 6.44. The van der Waals surface area contributed by atoms with Crippen molar-refractivity contribution in [1.82, 2.24) is 24.8 Å². The molecule has 9 nitrogen and oxygen atoms in total. The van der Waals surface area contributed by atoms with Crippen LogP contribution in [-0.2, 0) is 4.74 Å². The number of hydrogen-bond donors (Lipinski definition) is 3. The van der Waals surface area contributed by atoms with E-state index in [1.54, 1.807) is 24.3 Å². The highest BCUT2D eigenvalue weighted by Crippen LogP contribution is 2.52. The van der Waals surface area contributed by atoms with Gasteiger partial charge in [-0.05, 0) is 69.9 Å². The van der Waals surface area contributed by atoms with Crippen molar-refractivity contribution in [3.05, 3.63) is 36.2 Å². The monoisotopic (exact) mass is 555 g/mol. The number of fused-ring (bicyclic) bond motifs is 4. The number of anilines is 2. The van der Waals surface area contributed by atoms with Crippen LogP contribution in [0.5, 0.6) is 0 Å². The van der Waals surface area contributed by atoms with Crippen molar-refractivity contribution in [2.24, 2.45) is 5.41 Å². The number of alkyl halides is 2. The van der Waals surface area contributed by atoms with E-state index in [0.29, 0.717) is 61.5 Å². The van der Waals surface area contributed by atoms with Crippen molar-refractivity contribution >= 4 is 22.8 Å². The molecule has 3 saturated carbocycles. The number of nitrogens with zero attached hydrogens (tertiary/aromatic N) is 5. The van der Waals surface area contributed by atoms with E-state index in [-0.39, 0.29) is 16.8 Å². The Balaban J connectivity index is 1.27. The van der Waals surface area contributed by atoms with Crippen LogP contribution in [0.1, 0.15) is 64.6 Å². The number of ether oxygens (including phenoxy) is 1. The third-order valence-corrected chi connectivity index (χ3v) is 8.95. The molecule has 3 N–H and O–H groups in total. The number of rotatable bonds is 9. The third kappa shape index (κ3) is 5.51. The minimum Gasteiger partial charge on any atom is -0.389 e. The molecule has 0 atom stereocenters. The summed E-state index contributed by atoms with van der Waals surface area (Å²) in [5.41, 5.74) is 0.641. The van der Waals surface area contributed by atoms with Crippen LogP contribution < -0.4 is 15.5 Å². The average molecular weight is 556 g/mol. The fourth-order valence-corrected chi connectivity index (χ4v) is 6.44. The van der Waals surface area contributed by atoms with Crippen molar-refractivity contribution in [2.75, 3.05) is 49.6 Å². The first kappa shape index (κ1) is 27.3. The van der Waals surface area contributed by atoms with Crippen LogP contribution in [0.25, 0.3) is 16.9 Å². The minimum atomic E-state index is -2.75. The highest BCUT2D eigenvalue weighted by Gasteiger charge is 2.48. The number of halogens is 2. The number of nitrogens with one attached hydrogen (secondary N) is 2. The van der Waals surface area contributed by atoms with Gasteiger partial charge in [0.05, 0.1) is 29.8 Å². The van der Waals surface area contributed by atoms with Gasteiger partial charge in [0.1, 0.15) is 11.6 Å². The normalized spacial score (nSPS) is 25.2. The van der Waals surface area contributed by atoms with Gasteiger partial charge in [-0.2, -0.15) is 9.97 Å². The zero-order chi connectivity index (χ0) is 28.0. The Labute approximate surface area is 233 Å². The highest BCUT2D eigenvalue weighted by molar-refractivity contribution is 5.78. The molecule has 4 aliphatic rings. The molecule has 1 saturated heterocycles. The topological polar surface area (TPSA) is 100 Å². The molecule has 4 fully saturated rings. The molecule has 40 heavy (non-hydrogen) atoms. The lowest BCUT2D eigenvalue weighted by Crippen LogP contribution is -2.58. The number of imidazole rings is 1. The Hall–Kier alpha value is -2.89. The zero-order valence-electron chi connectivity index (χ0n) is 23.3. The first-order valence-corrected chi connectivity index (χ1v) is 14.3. The molecule has 0 spiro atoms. The van der Waals surface area contributed by atoms with Crippen molar-refractivity contribution in [3.8, 4) is 5.82 Å². The fraction of sp³-hybridized carbons (Fsp3) is 0.621. The van der Waals surface area contributed by atoms with E-state index in [9.17, 15) is 13.9 Å². The van der Waals surface area contributed by atoms with E-state index in [2.05, 4.69) is 15.6 Å². The smallest absolute Gasteiger partial charge is 0.296 e. The number of aromatic nitrogens is 4. The van der Waals surface area contributed by atoms with E-state index in [1.165, 1.54) is 4.57 Å². The minimum absolute atomic E-state index is 0.113. The summed E-state index contributed by atoms with van der Waals surface area (Å²) in [6.07, 6.45) is 3.77. The summed E-state index contributed by atoms with van der Waals surface area (Å²) >= 11 is 0. The van der Waals surface area contributed by atoms with Gasteiger partial charge in [-0.1, -0.05) is 12.1 Å². The number of hydrogen-bond acceptors (Lipinski definition) is 8. The van der Waals surface area contributed by atoms with Gasteiger partial charge in [-0.3, -0.25) is 4.57 Å². The average Bonchev–Trinajstić information content (AvgIpc) is 3.37. The molecule has 2 aromatic heterocycles. The molecule has 1 aromatic carbocycles. The summed E-state index contributed by atoms with van der Waals surface area (Å²) in [5, 5.41) is 17.5. The van der Waals surface area contributed by atoms with E-state index < -0.39 is 12.0 Å². The molecule has 216 valence electrons. The maximum Gasteiger partial charge on any atom is 0.296 e. The quantitative estimate of drug-likeness (QED) is 0.356. The lowest BCUT2D eigenvalue weighted by molar-refractivity contribution is 0.00936. The predicted octanol–water partition coefficient (Wildman–Crippen LogP) is 4.46. The maximum atomic E-state index is 14.2. The second-order valence-electron chi connectivity index (χ2n) is 12.4. The molecule has 11 heteroatoms. The number of benzene rings is 1. The van der Waals surface area contributed by atoms with Gasteiger partial charge in [-0.15, -0.1) is 0 Å². The van der Waals surface area contributed by atoms with Gasteiger partial charge in [-0.25, -0.2) is 13.8 Å². The lowest BCUT2D eigenvalue weighted by Gasteiger charge is -2.54. The first-order chi connectivity index (χ1) is 19.1. The van der Waals surface area contributed by atoms with Gasteiger partial charge < -0.3 is 25.4 Å². The van der Waals surface area contributed by atoms with Crippen LogP contribution in [0.2, 0.25) is 0 Å². The number of aliphatic hydroxyl groups is 1.